The minimum absolute atomic E-state index is 0.120. The Labute approximate surface area is 242 Å². The lowest BCUT2D eigenvalue weighted by molar-refractivity contribution is -0.131. The zero-order valence-electron chi connectivity index (χ0n) is 25.8. The maximum Gasteiger partial charge on any atom is 0.342 e. The molecule has 0 heterocycles. The molecule has 3 fully saturated rings. The van der Waals surface area contributed by atoms with E-state index in [1.165, 1.54) is 63.9 Å². The molecule has 0 spiro atoms. The molecule has 4 nitrogen and oxygen atoms in total. The number of carbonyl (C=O) groups excluding carboxylic acids is 2. The summed E-state index contributed by atoms with van der Waals surface area (Å²) < 4.78 is 11.3. The second kappa shape index (κ2) is 11.6. The van der Waals surface area contributed by atoms with Crippen molar-refractivity contribution in [1.82, 2.24) is 0 Å². The molecule has 3 saturated carbocycles. The molecule has 0 amide bonds. The van der Waals surface area contributed by atoms with Crippen molar-refractivity contribution in [2.24, 2.45) is 46.3 Å². The zero-order chi connectivity index (χ0) is 28.7. The molecule has 8 atom stereocenters. The molecule has 0 aromatic heterocycles. The highest BCUT2D eigenvalue weighted by Crippen LogP contribution is 2.67. The monoisotopic (exact) mass is 548 g/mol. The summed E-state index contributed by atoms with van der Waals surface area (Å²) in [5, 5.41) is 0. The number of esters is 2. The molecule has 4 unspecified atom stereocenters. The van der Waals surface area contributed by atoms with Crippen LogP contribution in [0.15, 0.2) is 35.9 Å². The summed E-state index contributed by atoms with van der Waals surface area (Å²) in [4.78, 5) is 24.6. The topological polar surface area (TPSA) is 52.6 Å². The number of benzene rings is 1. The third kappa shape index (κ3) is 5.53. The van der Waals surface area contributed by atoms with E-state index in [1.807, 2.05) is 0 Å². The zero-order valence-corrected chi connectivity index (χ0v) is 25.8. The Kier molecular flexibility index (Phi) is 8.56. The summed E-state index contributed by atoms with van der Waals surface area (Å²) in [6, 6.07) is 6.87. The van der Waals surface area contributed by atoms with E-state index in [1.54, 1.807) is 24.3 Å². The predicted octanol–water partition coefficient (Wildman–Crippen LogP) is 9.18. The highest BCUT2D eigenvalue weighted by Gasteiger charge is 2.59. The van der Waals surface area contributed by atoms with Crippen LogP contribution in [-0.4, -0.2) is 18.0 Å². The Bertz CT molecular complexity index is 1120. The van der Waals surface area contributed by atoms with Crippen LogP contribution in [0, 0.1) is 46.3 Å². The van der Waals surface area contributed by atoms with Gasteiger partial charge in [0.1, 0.15) is 17.4 Å². The molecule has 220 valence electrons. The molecule has 0 radical (unpaired) electrons. The van der Waals surface area contributed by atoms with Crippen LogP contribution < -0.4 is 4.74 Å². The highest BCUT2D eigenvalue weighted by molar-refractivity contribution is 5.93. The Hall–Kier alpha value is -2.10. The van der Waals surface area contributed by atoms with E-state index in [4.69, 9.17) is 9.47 Å². The van der Waals surface area contributed by atoms with Gasteiger partial charge in [0, 0.05) is 13.3 Å². The molecule has 1 aromatic carbocycles. The smallest absolute Gasteiger partial charge is 0.342 e. The van der Waals surface area contributed by atoms with E-state index < -0.39 is 11.9 Å². The van der Waals surface area contributed by atoms with Gasteiger partial charge in [0.05, 0.1) is 0 Å². The van der Waals surface area contributed by atoms with Gasteiger partial charge < -0.3 is 9.47 Å². The van der Waals surface area contributed by atoms with Crippen molar-refractivity contribution in [2.45, 2.75) is 118 Å². The fourth-order valence-electron chi connectivity index (χ4n) is 9.85. The van der Waals surface area contributed by atoms with Crippen molar-refractivity contribution in [2.75, 3.05) is 0 Å². The molecule has 5 rings (SSSR count). The highest BCUT2D eigenvalue weighted by atomic mass is 16.6. The number of carbonyl (C=O) groups is 2. The molecular formula is C36H52O4. The first-order valence-electron chi connectivity index (χ1n) is 16.2. The number of allylic oxidation sites excluding steroid dienone is 1. The minimum Gasteiger partial charge on any atom is -0.458 e. The SMILES string of the molecule is CC(=O)Oc1ccccc1C(=O)OC1CC[C@@]2(C)C(=CCC3C2CC[C@@]2(C)C3CC[C@@H]2[C@H](C)CCCC(C)C)C1. The van der Waals surface area contributed by atoms with Crippen molar-refractivity contribution in [3.05, 3.63) is 41.5 Å². The summed E-state index contributed by atoms with van der Waals surface area (Å²) in [5.41, 5.74) is 2.57. The summed E-state index contributed by atoms with van der Waals surface area (Å²) in [5.74, 6) is 4.38. The molecule has 4 heteroatoms. The Morgan fingerprint density at radius 1 is 0.975 bits per heavy atom. The van der Waals surface area contributed by atoms with Crippen molar-refractivity contribution in [1.29, 1.82) is 0 Å². The molecule has 1 aromatic rings. The Morgan fingerprint density at radius 3 is 2.50 bits per heavy atom. The van der Waals surface area contributed by atoms with E-state index >= 15 is 0 Å². The van der Waals surface area contributed by atoms with E-state index in [0.29, 0.717) is 11.0 Å². The summed E-state index contributed by atoms with van der Waals surface area (Å²) in [6.07, 6.45) is 16.2. The second-order valence-electron chi connectivity index (χ2n) is 14.6. The summed E-state index contributed by atoms with van der Waals surface area (Å²) >= 11 is 0. The number of para-hydroxylation sites is 1. The van der Waals surface area contributed by atoms with Gasteiger partial charge >= 0.3 is 11.9 Å². The largest absolute Gasteiger partial charge is 0.458 e. The number of rotatable bonds is 8. The van der Waals surface area contributed by atoms with Gasteiger partial charge in [-0.05, 0) is 103 Å². The number of hydrogen-bond acceptors (Lipinski definition) is 4. The first-order valence-corrected chi connectivity index (χ1v) is 16.2. The third-order valence-electron chi connectivity index (χ3n) is 11.9. The van der Waals surface area contributed by atoms with Crippen LogP contribution in [0.25, 0.3) is 0 Å². The van der Waals surface area contributed by atoms with Gasteiger partial charge in [-0.1, -0.05) is 77.7 Å². The minimum atomic E-state index is -0.437. The second-order valence-corrected chi connectivity index (χ2v) is 14.6. The lowest BCUT2D eigenvalue weighted by Gasteiger charge is -2.58. The van der Waals surface area contributed by atoms with E-state index in [0.717, 1.165) is 54.8 Å². The third-order valence-corrected chi connectivity index (χ3v) is 11.9. The standard InChI is InChI=1S/C36H52O4/c1-23(2)10-9-11-24(3)30-16-17-31-28-15-14-26-22-27(18-20-35(26,5)32(28)19-21-36(30,31)6)40-34(38)29-12-7-8-13-33(29)39-25(4)37/h7-8,12-14,23-24,27-28,30-32H,9-11,15-22H2,1-6H3/t24-,27?,28?,30-,31?,32?,35+,36-/m1/s1. The predicted molar refractivity (Wildman–Crippen MR) is 160 cm³/mol. The maximum absolute atomic E-state index is 13.1. The van der Waals surface area contributed by atoms with Gasteiger partial charge in [0.25, 0.3) is 0 Å². The lowest BCUT2D eigenvalue weighted by Crippen LogP contribution is -2.51. The maximum atomic E-state index is 13.1. The van der Waals surface area contributed by atoms with Gasteiger partial charge in [-0.3, -0.25) is 4.79 Å². The first kappa shape index (κ1) is 29.4. The Balaban J connectivity index is 1.25. The molecule has 0 N–H and O–H groups in total. The molecule has 4 aliphatic carbocycles. The van der Waals surface area contributed by atoms with E-state index in [9.17, 15) is 9.59 Å². The van der Waals surface area contributed by atoms with Crippen molar-refractivity contribution < 1.29 is 19.1 Å². The fraction of sp³-hybridized carbons (Fsp3) is 0.722. The van der Waals surface area contributed by atoms with Gasteiger partial charge in [0.2, 0.25) is 0 Å². The van der Waals surface area contributed by atoms with Crippen LogP contribution >= 0.6 is 0 Å². The van der Waals surface area contributed by atoms with Crippen molar-refractivity contribution >= 4 is 11.9 Å². The number of ether oxygens (including phenoxy) is 2. The quantitative estimate of drug-likeness (QED) is 0.185. The molecule has 0 saturated heterocycles. The number of fused-ring (bicyclic) bond motifs is 5. The van der Waals surface area contributed by atoms with Gasteiger partial charge in [0.15, 0.2) is 0 Å². The normalized spacial score (nSPS) is 35.7. The van der Waals surface area contributed by atoms with Gasteiger partial charge in [-0.15, -0.1) is 0 Å². The average molecular weight is 549 g/mol. The Morgan fingerprint density at radius 2 is 1.75 bits per heavy atom. The molecule has 0 aliphatic heterocycles. The van der Waals surface area contributed by atoms with Crippen LogP contribution in [0.5, 0.6) is 5.75 Å². The van der Waals surface area contributed by atoms with Crippen LogP contribution in [0.4, 0.5) is 0 Å². The first-order chi connectivity index (χ1) is 19.0. The van der Waals surface area contributed by atoms with Crippen LogP contribution in [0.3, 0.4) is 0 Å². The summed E-state index contributed by atoms with van der Waals surface area (Å²) in [7, 11) is 0. The van der Waals surface area contributed by atoms with Gasteiger partial charge in [-0.2, -0.15) is 0 Å². The fourth-order valence-corrected chi connectivity index (χ4v) is 9.85. The summed E-state index contributed by atoms with van der Waals surface area (Å²) in [6.45, 7) is 13.8. The molecule has 4 aliphatic rings. The van der Waals surface area contributed by atoms with Crippen LogP contribution in [0.2, 0.25) is 0 Å². The van der Waals surface area contributed by atoms with Crippen molar-refractivity contribution in [3.8, 4) is 5.75 Å². The van der Waals surface area contributed by atoms with Crippen molar-refractivity contribution in [3.63, 3.8) is 0 Å². The van der Waals surface area contributed by atoms with Gasteiger partial charge in [-0.25, -0.2) is 4.79 Å². The van der Waals surface area contributed by atoms with E-state index in [2.05, 4.69) is 40.7 Å². The molecular weight excluding hydrogens is 496 g/mol. The molecule has 0 bridgehead atoms. The lowest BCUT2D eigenvalue weighted by atomic mass is 9.47. The van der Waals surface area contributed by atoms with Crippen LogP contribution in [0.1, 0.15) is 123 Å². The van der Waals surface area contributed by atoms with E-state index in [-0.39, 0.29) is 17.3 Å². The number of hydrogen-bond donors (Lipinski definition) is 0. The van der Waals surface area contributed by atoms with Crippen LogP contribution in [-0.2, 0) is 9.53 Å². The average Bonchev–Trinajstić information content (AvgIpc) is 3.26. The molecule has 40 heavy (non-hydrogen) atoms.